The first-order valence-corrected chi connectivity index (χ1v) is 11.1. The average Bonchev–Trinajstić information content (AvgIpc) is 3.19. The molecule has 3 heterocycles. The molecule has 4 rings (SSSR count). The molecule has 152 valence electrons. The summed E-state index contributed by atoms with van der Waals surface area (Å²) in [5.74, 6) is 0.243. The molecule has 2 aromatic heterocycles. The fourth-order valence-electron chi connectivity index (χ4n) is 3.55. The lowest BCUT2D eigenvalue weighted by Gasteiger charge is -2.26. The van der Waals surface area contributed by atoms with E-state index in [1.54, 1.807) is 12.1 Å². The number of hydrogen-bond acceptors (Lipinski definition) is 5. The van der Waals surface area contributed by atoms with Gasteiger partial charge >= 0.3 is 0 Å². The van der Waals surface area contributed by atoms with Gasteiger partial charge in [-0.25, -0.2) is 8.42 Å². The van der Waals surface area contributed by atoms with Gasteiger partial charge in [-0.05, 0) is 50.1 Å². The highest BCUT2D eigenvalue weighted by Gasteiger charge is 2.26. The van der Waals surface area contributed by atoms with E-state index in [1.807, 2.05) is 35.7 Å². The number of nitrogens with one attached hydrogen (secondary N) is 1. The lowest BCUT2D eigenvalue weighted by atomic mass is 10.2. The van der Waals surface area contributed by atoms with Crippen molar-refractivity contribution in [3.8, 4) is 0 Å². The molecule has 0 aliphatic carbocycles. The Morgan fingerprint density at radius 3 is 2.66 bits per heavy atom. The number of nitrogens with zero attached hydrogens (tertiary/aromatic N) is 4. The molecule has 8 nitrogen and oxygen atoms in total. The SMILES string of the molecule is CC(NC(=O)c1cccc(S(=O)(=O)N2CCCCC2)c1)c1nnc2ccccn12. The molecule has 1 aliphatic heterocycles. The Morgan fingerprint density at radius 2 is 1.86 bits per heavy atom. The summed E-state index contributed by atoms with van der Waals surface area (Å²) in [5, 5.41) is 11.1. The second kappa shape index (κ2) is 7.92. The number of rotatable bonds is 5. The molecule has 29 heavy (non-hydrogen) atoms. The highest BCUT2D eigenvalue weighted by molar-refractivity contribution is 7.89. The van der Waals surface area contributed by atoms with E-state index in [0.29, 0.717) is 30.1 Å². The van der Waals surface area contributed by atoms with E-state index in [9.17, 15) is 13.2 Å². The summed E-state index contributed by atoms with van der Waals surface area (Å²) in [7, 11) is -3.59. The smallest absolute Gasteiger partial charge is 0.251 e. The Labute approximate surface area is 169 Å². The molecule has 0 saturated carbocycles. The zero-order chi connectivity index (χ0) is 20.4. The Bertz CT molecular complexity index is 1140. The summed E-state index contributed by atoms with van der Waals surface area (Å²) >= 11 is 0. The van der Waals surface area contributed by atoms with E-state index in [4.69, 9.17) is 0 Å². The van der Waals surface area contributed by atoms with Crippen LogP contribution in [-0.4, -0.2) is 46.3 Å². The van der Waals surface area contributed by atoms with E-state index in [0.717, 1.165) is 19.3 Å². The summed E-state index contributed by atoms with van der Waals surface area (Å²) in [6, 6.07) is 11.4. The number of pyridine rings is 1. The number of hydrogen-bond donors (Lipinski definition) is 1. The number of carbonyl (C=O) groups excluding carboxylic acids is 1. The van der Waals surface area contributed by atoms with Gasteiger partial charge in [-0.2, -0.15) is 4.31 Å². The van der Waals surface area contributed by atoms with Crippen molar-refractivity contribution in [3.63, 3.8) is 0 Å². The van der Waals surface area contributed by atoms with Gasteiger partial charge in [0, 0.05) is 24.8 Å². The second-order valence-electron chi connectivity index (χ2n) is 7.17. The normalized spacial score (nSPS) is 16.6. The Kier molecular flexibility index (Phi) is 5.33. The molecule has 1 unspecified atom stereocenters. The molecule has 1 aliphatic rings. The summed E-state index contributed by atoms with van der Waals surface area (Å²) in [4.78, 5) is 12.9. The third kappa shape index (κ3) is 3.88. The van der Waals surface area contributed by atoms with E-state index in [1.165, 1.54) is 16.4 Å². The monoisotopic (exact) mass is 413 g/mol. The predicted octanol–water partition coefficient (Wildman–Crippen LogP) is 2.39. The zero-order valence-corrected chi connectivity index (χ0v) is 17.0. The van der Waals surface area contributed by atoms with Crippen LogP contribution in [0.15, 0.2) is 53.6 Å². The van der Waals surface area contributed by atoms with Crippen molar-refractivity contribution in [1.29, 1.82) is 0 Å². The van der Waals surface area contributed by atoms with Gasteiger partial charge in [-0.1, -0.05) is 18.6 Å². The first-order valence-electron chi connectivity index (χ1n) is 9.67. The van der Waals surface area contributed by atoms with Crippen LogP contribution in [0.4, 0.5) is 0 Å². The molecule has 9 heteroatoms. The molecule has 1 amide bonds. The average molecular weight is 414 g/mol. The van der Waals surface area contributed by atoms with Gasteiger partial charge < -0.3 is 5.32 Å². The Balaban J connectivity index is 1.54. The van der Waals surface area contributed by atoms with Crippen molar-refractivity contribution in [1.82, 2.24) is 24.2 Å². The van der Waals surface area contributed by atoms with Crippen LogP contribution in [0.5, 0.6) is 0 Å². The highest BCUT2D eigenvalue weighted by Crippen LogP contribution is 2.22. The zero-order valence-electron chi connectivity index (χ0n) is 16.2. The fraction of sp³-hybridized carbons (Fsp3) is 0.350. The standard InChI is InChI=1S/C20H23N5O3S/c1-15(19-23-22-18-10-3-6-13-25(18)19)21-20(26)16-8-7-9-17(14-16)29(27,28)24-11-4-2-5-12-24/h3,6-10,13-15H,2,4-5,11-12H2,1H3,(H,21,26). The van der Waals surface area contributed by atoms with Crippen molar-refractivity contribution < 1.29 is 13.2 Å². The molecule has 1 atom stereocenters. The minimum absolute atomic E-state index is 0.146. The van der Waals surface area contributed by atoms with Crippen molar-refractivity contribution in [2.75, 3.05) is 13.1 Å². The maximum absolute atomic E-state index is 12.9. The lowest BCUT2D eigenvalue weighted by Crippen LogP contribution is -2.35. The molecule has 1 fully saturated rings. The van der Waals surface area contributed by atoms with Gasteiger partial charge in [-0.3, -0.25) is 9.20 Å². The third-order valence-corrected chi connectivity index (χ3v) is 7.02. The fourth-order valence-corrected chi connectivity index (χ4v) is 5.12. The van der Waals surface area contributed by atoms with Crippen molar-refractivity contribution >= 4 is 21.6 Å². The van der Waals surface area contributed by atoms with Crippen LogP contribution in [0.3, 0.4) is 0 Å². The summed E-state index contributed by atoms with van der Waals surface area (Å²) in [5.41, 5.74) is 0.988. The van der Waals surface area contributed by atoms with Gasteiger partial charge in [0.25, 0.3) is 5.91 Å². The number of piperidine rings is 1. The van der Waals surface area contributed by atoms with Crippen molar-refractivity contribution in [2.24, 2.45) is 0 Å². The number of benzene rings is 1. The van der Waals surface area contributed by atoms with Crippen LogP contribution in [0.1, 0.15) is 48.4 Å². The van der Waals surface area contributed by atoms with Crippen molar-refractivity contribution in [3.05, 3.63) is 60.0 Å². The first kappa shape index (κ1) is 19.5. The maximum Gasteiger partial charge on any atom is 0.251 e. The Morgan fingerprint density at radius 1 is 1.07 bits per heavy atom. The van der Waals surface area contributed by atoms with Gasteiger partial charge in [0.05, 0.1) is 10.9 Å². The van der Waals surface area contributed by atoms with E-state index in [2.05, 4.69) is 15.5 Å². The highest BCUT2D eigenvalue weighted by atomic mass is 32.2. The summed E-state index contributed by atoms with van der Waals surface area (Å²) in [6.45, 7) is 2.86. The van der Waals surface area contributed by atoms with Gasteiger partial charge in [0.2, 0.25) is 10.0 Å². The molecule has 0 bridgehead atoms. The van der Waals surface area contributed by atoms with Gasteiger partial charge in [0.1, 0.15) is 0 Å². The quantitative estimate of drug-likeness (QED) is 0.693. The van der Waals surface area contributed by atoms with Crippen LogP contribution in [0.2, 0.25) is 0 Å². The minimum atomic E-state index is -3.59. The first-order chi connectivity index (χ1) is 14.0. The molecular weight excluding hydrogens is 390 g/mol. The molecule has 1 N–H and O–H groups in total. The van der Waals surface area contributed by atoms with Gasteiger partial charge in [-0.15, -0.1) is 10.2 Å². The van der Waals surface area contributed by atoms with E-state index >= 15 is 0 Å². The van der Waals surface area contributed by atoms with Crippen molar-refractivity contribution in [2.45, 2.75) is 37.1 Å². The molecular formula is C20H23N5O3S. The number of fused-ring (bicyclic) bond motifs is 1. The number of sulfonamides is 1. The molecule has 1 saturated heterocycles. The van der Waals surface area contributed by atoms with Gasteiger partial charge in [0.15, 0.2) is 11.5 Å². The number of carbonyl (C=O) groups is 1. The van der Waals surface area contributed by atoms with E-state index in [-0.39, 0.29) is 10.8 Å². The topological polar surface area (TPSA) is 96.7 Å². The molecule has 0 radical (unpaired) electrons. The third-order valence-electron chi connectivity index (χ3n) is 5.12. The van der Waals surface area contributed by atoms with Crippen LogP contribution >= 0.6 is 0 Å². The second-order valence-corrected chi connectivity index (χ2v) is 9.11. The molecule has 3 aromatic rings. The van der Waals surface area contributed by atoms with E-state index < -0.39 is 16.1 Å². The largest absolute Gasteiger partial charge is 0.342 e. The lowest BCUT2D eigenvalue weighted by molar-refractivity contribution is 0.0938. The van der Waals surface area contributed by atoms with Crippen LogP contribution in [0.25, 0.3) is 5.65 Å². The molecule has 1 aromatic carbocycles. The number of aromatic nitrogens is 3. The summed E-state index contributed by atoms with van der Waals surface area (Å²) < 4.78 is 29.1. The van der Waals surface area contributed by atoms with Crippen LogP contribution < -0.4 is 5.32 Å². The van der Waals surface area contributed by atoms with Crippen LogP contribution in [0, 0.1) is 0 Å². The minimum Gasteiger partial charge on any atom is -0.342 e. The summed E-state index contributed by atoms with van der Waals surface area (Å²) in [6.07, 6.45) is 4.61. The maximum atomic E-state index is 12.9. The number of amides is 1. The Hall–Kier alpha value is -2.78. The predicted molar refractivity (Wildman–Crippen MR) is 108 cm³/mol. The molecule has 0 spiro atoms. The van der Waals surface area contributed by atoms with Crippen LogP contribution in [-0.2, 0) is 10.0 Å².